The van der Waals surface area contributed by atoms with E-state index in [1.54, 1.807) is 45.3 Å². The Hall–Kier alpha value is -2.42. The van der Waals surface area contributed by atoms with Gasteiger partial charge in [0.25, 0.3) is 0 Å². The van der Waals surface area contributed by atoms with E-state index in [0.717, 1.165) is 0 Å². The Bertz CT molecular complexity index is 683. The van der Waals surface area contributed by atoms with Crippen molar-refractivity contribution in [3.05, 3.63) is 30.1 Å². The van der Waals surface area contributed by atoms with Gasteiger partial charge < -0.3 is 20.5 Å². The minimum atomic E-state index is -1.75. The topological polar surface area (TPSA) is 118 Å². The second-order valence-corrected chi connectivity index (χ2v) is 14.5. The quantitative estimate of drug-likeness (QED) is 0.568. The molecule has 9 heteroatoms. The van der Waals surface area contributed by atoms with Gasteiger partial charge in [0, 0.05) is 26.9 Å². The van der Waals surface area contributed by atoms with Crippen LogP contribution in [0.2, 0.25) is 25.7 Å². The van der Waals surface area contributed by atoms with Crippen molar-refractivity contribution in [3.8, 4) is 0 Å². The van der Waals surface area contributed by atoms with Crippen LogP contribution < -0.4 is 10.6 Å². The number of aliphatic carboxylic acids is 1. The van der Waals surface area contributed by atoms with Gasteiger partial charge in [-0.05, 0) is 38.4 Å². The van der Waals surface area contributed by atoms with Gasteiger partial charge in [0.2, 0.25) is 5.91 Å². The number of alkyl carbamates (subject to hydrolysis) is 1. The predicted octanol–water partition coefficient (Wildman–Crippen LogP) is 2.42. The van der Waals surface area contributed by atoms with E-state index in [0.29, 0.717) is 11.6 Å². The maximum Gasteiger partial charge on any atom is 0.408 e. The number of amides is 2. The van der Waals surface area contributed by atoms with Crippen LogP contribution in [0.4, 0.5) is 4.79 Å². The molecule has 8 nitrogen and oxygen atoms in total. The van der Waals surface area contributed by atoms with Gasteiger partial charge in [0.1, 0.15) is 17.7 Å². The average molecular weight is 410 g/mol. The van der Waals surface area contributed by atoms with E-state index in [2.05, 4.69) is 35.3 Å². The van der Waals surface area contributed by atoms with Crippen LogP contribution in [0.25, 0.3) is 0 Å². The summed E-state index contributed by atoms with van der Waals surface area (Å²) in [5.74, 6) is -1.69. The molecule has 0 fully saturated rings. The number of ether oxygens (including phenoxy) is 1. The molecule has 2 amide bonds. The molecule has 0 bridgehead atoms. The van der Waals surface area contributed by atoms with Crippen LogP contribution in [0.5, 0.6) is 0 Å². The smallest absolute Gasteiger partial charge is 0.408 e. The van der Waals surface area contributed by atoms with E-state index in [9.17, 15) is 19.5 Å². The number of carbonyl (C=O) groups is 3. The summed E-state index contributed by atoms with van der Waals surface area (Å²) >= 11 is 0. The first-order chi connectivity index (χ1) is 12.8. The number of carboxylic acids is 1. The molecule has 0 aromatic carbocycles. The first-order valence-electron chi connectivity index (χ1n) is 9.18. The lowest BCUT2D eigenvalue weighted by atomic mass is 10.1. The van der Waals surface area contributed by atoms with Crippen LogP contribution in [0.15, 0.2) is 24.5 Å². The molecule has 28 heavy (non-hydrogen) atoms. The fraction of sp³-hybridized carbons (Fsp3) is 0.579. The fourth-order valence-corrected chi connectivity index (χ4v) is 4.01. The summed E-state index contributed by atoms with van der Waals surface area (Å²) in [4.78, 5) is 40.5. The molecule has 0 radical (unpaired) electrons. The molecule has 1 heterocycles. The number of nitrogens with zero attached hydrogens (tertiary/aromatic N) is 1. The molecule has 0 spiro atoms. The summed E-state index contributed by atoms with van der Waals surface area (Å²) in [5.41, 5.74) is -0.00851. The average Bonchev–Trinajstić information content (AvgIpc) is 2.51. The molecule has 0 aliphatic rings. The van der Waals surface area contributed by atoms with Crippen LogP contribution >= 0.6 is 0 Å². The van der Waals surface area contributed by atoms with Crippen LogP contribution in [0.3, 0.4) is 0 Å². The Morgan fingerprint density at radius 2 is 1.82 bits per heavy atom. The van der Waals surface area contributed by atoms with E-state index in [-0.39, 0.29) is 6.42 Å². The summed E-state index contributed by atoms with van der Waals surface area (Å²) in [6.45, 7) is 11.4. The van der Waals surface area contributed by atoms with Crippen LogP contribution in [0.1, 0.15) is 26.3 Å². The minimum Gasteiger partial charge on any atom is -0.480 e. The molecule has 3 N–H and O–H groups in total. The van der Waals surface area contributed by atoms with Crippen molar-refractivity contribution in [1.29, 1.82) is 0 Å². The van der Waals surface area contributed by atoms with E-state index in [1.807, 2.05) is 0 Å². The van der Waals surface area contributed by atoms with Crippen LogP contribution in [0, 0.1) is 0 Å². The summed E-state index contributed by atoms with van der Waals surface area (Å²) < 4.78 is 5.24. The van der Waals surface area contributed by atoms with E-state index < -0.39 is 43.7 Å². The Labute approximate surface area is 167 Å². The summed E-state index contributed by atoms with van der Waals surface area (Å²) in [5, 5.41) is 14.6. The number of aromatic nitrogens is 1. The van der Waals surface area contributed by atoms with Crippen molar-refractivity contribution in [2.45, 2.75) is 70.6 Å². The summed E-state index contributed by atoms with van der Waals surface area (Å²) in [7, 11) is -1.75. The van der Waals surface area contributed by atoms with Gasteiger partial charge in [0.05, 0.1) is 0 Å². The lowest BCUT2D eigenvalue weighted by Crippen LogP contribution is -2.54. The standard InChI is InChI=1S/C19H31N3O5Si/c1-19(2,3)27-18(26)22-15(12-28(4,5)6)16(23)21-14(17(24)25)10-13-8-7-9-20-11-13/h7-9,11,14-15H,10,12H2,1-6H3,(H,21,23)(H,22,26)(H,24,25)/t14?,15-/m1/s1. The lowest BCUT2D eigenvalue weighted by molar-refractivity contribution is -0.142. The zero-order valence-corrected chi connectivity index (χ0v) is 18.4. The highest BCUT2D eigenvalue weighted by atomic mass is 28.3. The highest BCUT2D eigenvalue weighted by Crippen LogP contribution is 2.14. The van der Waals surface area contributed by atoms with Gasteiger partial charge in [-0.1, -0.05) is 25.7 Å². The number of rotatable bonds is 8. The third-order valence-electron chi connectivity index (χ3n) is 3.60. The van der Waals surface area contributed by atoms with E-state index >= 15 is 0 Å². The van der Waals surface area contributed by atoms with E-state index in [4.69, 9.17) is 4.74 Å². The molecule has 2 atom stereocenters. The monoisotopic (exact) mass is 409 g/mol. The normalized spacial score (nSPS) is 13.9. The largest absolute Gasteiger partial charge is 0.480 e. The van der Waals surface area contributed by atoms with Crippen molar-refractivity contribution in [3.63, 3.8) is 0 Å². The van der Waals surface area contributed by atoms with Gasteiger partial charge in [-0.25, -0.2) is 9.59 Å². The first-order valence-corrected chi connectivity index (χ1v) is 12.9. The molecule has 1 aromatic heterocycles. The van der Waals surface area contributed by atoms with Crippen LogP contribution in [-0.4, -0.2) is 53.8 Å². The Morgan fingerprint density at radius 3 is 2.29 bits per heavy atom. The van der Waals surface area contributed by atoms with E-state index in [1.165, 1.54) is 0 Å². The zero-order valence-electron chi connectivity index (χ0n) is 17.4. The van der Waals surface area contributed by atoms with Gasteiger partial charge in [-0.3, -0.25) is 9.78 Å². The van der Waals surface area contributed by atoms with Gasteiger partial charge in [-0.15, -0.1) is 0 Å². The molecule has 1 rings (SSSR count). The van der Waals surface area contributed by atoms with Crippen molar-refractivity contribution >= 4 is 26.0 Å². The first kappa shape index (κ1) is 23.6. The second kappa shape index (κ2) is 9.68. The summed E-state index contributed by atoms with van der Waals surface area (Å²) in [6, 6.07) is 1.91. The highest BCUT2D eigenvalue weighted by molar-refractivity contribution is 6.76. The molecule has 0 saturated carbocycles. The number of hydrogen-bond donors (Lipinski definition) is 3. The molecule has 156 valence electrons. The van der Waals surface area contributed by atoms with Gasteiger partial charge in [0.15, 0.2) is 0 Å². The molecule has 0 saturated heterocycles. The molecule has 0 aliphatic heterocycles. The molecule has 0 aliphatic carbocycles. The second-order valence-electron chi connectivity index (χ2n) is 8.93. The number of carbonyl (C=O) groups excluding carboxylic acids is 2. The fourth-order valence-electron chi connectivity index (χ4n) is 2.50. The van der Waals surface area contributed by atoms with Crippen LogP contribution in [-0.2, 0) is 20.7 Å². The van der Waals surface area contributed by atoms with Crippen molar-refractivity contribution < 1.29 is 24.2 Å². The number of nitrogens with one attached hydrogen (secondary N) is 2. The SMILES string of the molecule is CC(C)(C)OC(=O)N[C@H](C[Si](C)(C)C)C(=O)NC(Cc1cccnc1)C(=O)O. The van der Waals surface area contributed by atoms with Gasteiger partial charge >= 0.3 is 12.1 Å². The Kier molecular flexibility index (Phi) is 8.16. The Balaban J connectivity index is 2.90. The molecule has 1 aromatic rings. The van der Waals surface area contributed by atoms with Crippen molar-refractivity contribution in [2.24, 2.45) is 0 Å². The van der Waals surface area contributed by atoms with Crippen molar-refractivity contribution in [2.75, 3.05) is 0 Å². The molecular weight excluding hydrogens is 378 g/mol. The molecule has 1 unspecified atom stereocenters. The Morgan fingerprint density at radius 1 is 1.18 bits per heavy atom. The lowest BCUT2D eigenvalue weighted by Gasteiger charge is -2.27. The minimum absolute atomic E-state index is 0.0982. The molecular formula is C19H31N3O5Si. The number of hydrogen-bond acceptors (Lipinski definition) is 5. The van der Waals surface area contributed by atoms with Crippen molar-refractivity contribution in [1.82, 2.24) is 15.6 Å². The number of carboxylic acid groups (broad SMARTS) is 1. The number of pyridine rings is 1. The maximum absolute atomic E-state index is 12.8. The highest BCUT2D eigenvalue weighted by Gasteiger charge is 2.32. The third-order valence-corrected chi connectivity index (χ3v) is 5.23. The third kappa shape index (κ3) is 9.49. The van der Waals surface area contributed by atoms with Gasteiger partial charge in [-0.2, -0.15) is 0 Å². The maximum atomic E-state index is 12.8. The zero-order chi connectivity index (χ0) is 21.5. The predicted molar refractivity (Wildman–Crippen MR) is 109 cm³/mol. The summed E-state index contributed by atoms with van der Waals surface area (Å²) in [6.07, 6.45) is 2.54.